The molecule has 0 N–H and O–H groups in total. The fourth-order valence-corrected chi connectivity index (χ4v) is 4.21. The molecule has 0 saturated carbocycles. The first-order valence-corrected chi connectivity index (χ1v) is 9.27. The van der Waals surface area contributed by atoms with E-state index in [-0.39, 0.29) is 17.0 Å². The van der Waals surface area contributed by atoms with E-state index in [0.717, 1.165) is 0 Å². The number of amides is 1. The van der Waals surface area contributed by atoms with Crippen LogP contribution in [0.1, 0.15) is 16.7 Å². The number of rotatable bonds is 2. The van der Waals surface area contributed by atoms with E-state index in [2.05, 4.69) is 4.90 Å². The van der Waals surface area contributed by atoms with E-state index in [1.54, 1.807) is 27.1 Å². The SMILES string of the molecule is Cc1c(/C=C2\SC(=S)N(C)C2=O)c(N2CCOCC2)n(C)c(=O)c1C#N. The molecule has 2 saturated heterocycles. The highest BCUT2D eigenvalue weighted by Crippen LogP contribution is 2.34. The van der Waals surface area contributed by atoms with Crippen molar-refractivity contribution in [2.45, 2.75) is 6.92 Å². The van der Waals surface area contributed by atoms with E-state index in [4.69, 9.17) is 17.0 Å². The van der Waals surface area contributed by atoms with Gasteiger partial charge in [0.25, 0.3) is 11.5 Å². The Kier molecular flexibility index (Phi) is 5.18. The van der Waals surface area contributed by atoms with Crippen LogP contribution in [0.3, 0.4) is 0 Å². The summed E-state index contributed by atoms with van der Waals surface area (Å²) in [6, 6.07) is 1.99. The molecule has 7 nitrogen and oxygen atoms in total. The third kappa shape index (κ3) is 3.05. The zero-order chi connectivity index (χ0) is 19.0. The molecule has 2 aliphatic heterocycles. The number of morpholine rings is 1. The Hall–Kier alpha value is -2.15. The Labute approximate surface area is 160 Å². The van der Waals surface area contributed by atoms with Crippen molar-refractivity contribution in [1.29, 1.82) is 5.26 Å². The molecule has 1 aromatic rings. The van der Waals surface area contributed by atoms with Gasteiger partial charge in [0.15, 0.2) is 0 Å². The van der Waals surface area contributed by atoms with Gasteiger partial charge in [-0.05, 0) is 18.6 Å². The summed E-state index contributed by atoms with van der Waals surface area (Å²) < 4.78 is 7.37. The molecule has 0 radical (unpaired) electrons. The second kappa shape index (κ2) is 7.23. The largest absolute Gasteiger partial charge is 0.378 e. The molecular weight excluding hydrogens is 372 g/mol. The molecule has 3 heterocycles. The van der Waals surface area contributed by atoms with Crippen molar-refractivity contribution >= 4 is 46.1 Å². The topological polar surface area (TPSA) is 78.6 Å². The molecule has 0 unspecified atom stereocenters. The monoisotopic (exact) mass is 390 g/mol. The first-order valence-electron chi connectivity index (χ1n) is 8.04. The number of thioether (sulfide) groups is 1. The van der Waals surface area contributed by atoms with E-state index < -0.39 is 0 Å². The molecule has 0 aliphatic carbocycles. The van der Waals surface area contributed by atoms with Crippen LogP contribution in [0.4, 0.5) is 5.82 Å². The Morgan fingerprint density at radius 2 is 1.92 bits per heavy atom. The van der Waals surface area contributed by atoms with E-state index in [1.165, 1.54) is 21.2 Å². The molecule has 0 atom stereocenters. The van der Waals surface area contributed by atoms with Crippen molar-refractivity contribution in [2.75, 3.05) is 38.3 Å². The minimum atomic E-state index is -0.341. The second-order valence-electron chi connectivity index (χ2n) is 6.05. The van der Waals surface area contributed by atoms with Gasteiger partial charge in [-0.3, -0.25) is 19.1 Å². The number of likely N-dealkylation sites (N-methyl/N-ethyl adjacent to an activating group) is 1. The summed E-state index contributed by atoms with van der Waals surface area (Å²) >= 11 is 6.41. The van der Waals surface area contributed by atoms with Crippen LogP contribution in [0.2, 0.25) is 0 Å². The van der Waals surface area contributed by atoms with Crippen LogP contribution in [-0.2, 0) is 16.6 Å². The molecule has 9 heteroatoms. The number of ether oxygens (including phenoxy) is 1. The molecule has 1 amide bonds. The van der Waals surface area contributed by atoms with E-state index >= 15 is 0 Å². The van der Waals surface area contributed by atoms with Crippen molar-refractivity contribution in [3.05, 3.63) is 31.9 Å². The zero-order valence-electron chi connectivity index (χ0n) is 14.7. The number of carbonyl (C=O) groups is 1. The Morgan fingerprint density at radius 1 is 1.27 bits per heavy atom. The third-order valence-corrected chi connectivity index (χ3v) is 6.03. The molecule has 0 spiro atoms. The van der Waals surface area contributed by atoms with Gasteiger partial charge in [-0.15, -0.1) is 0 Å². The van der Waals surface area contributed by atoms with Gasteiger partial charge in [0.05, 0.1) is 18.1 Å². The van der Waals surface area contributed by atoms with Crippen molar-refractivity contribution in [3.8, 4) is 6.07 Å². The maximum atomic E-state index is 12.6. The van der Waals surface area contributed by atoms with Crippen LogP contribution in [-0.4, -0.2) is 53.0 Å². The minimum absolute atomic E-state index is 0.0859. The molecule has 3 rings (SSSR count). The Balaban J connectivity index is 2.24. The summed E-state index contributed by atoms with van der Waals surface area (Å²) in [5.41, 5.74) is 1.01. The number of carbonyl (C=O) groups excluding carboxylic acids is 1. The number of hydrogen-bond acceptors (Lipinski definition) is 7. The number of hydrogen-bond donors (Lipinski definition) is 0. The van der Waals surface area contributed by atoms with Gasteiger partial charge < -0.3 is 9.64 Å². The predicted octanol–water partition coefficient (Wildman–Crippen LogP) is 1.23. The van der Waals surface area contributed by atoms with Crippen LogP contribution < -0.4 is 10.5 Å². The maximum absolute atomic E-state index is 12.6. The van der Waals surface area contributed by atoms with Crippen LogP contribution in [0.5, 0.6) is 0 Å². The number of pyridine rings is 1. The van der Waals surface area contributed by atoms with Gasteiger partial charge in [-0.1, -0.05) is 24.0 Å². The first kappa shape index (κ1) is 18.6. The fourth-order valence-electron chi connectivity index (χ4n) is 3.05. The molecule has 2 fully saturated rings. The third-order valence-electron chi connectivity index (χ3n) is 4.54. The quantitative estimate of drug-likeness (QED) is 0.555. The first-order chi connectivity index (χ1) is 12.4. The van der Waals surface area contributed by atoms with Crippen LogP contribution >= 0.6 is 24.0 Å². The second-order valence-corrected chi connectivity index (χ2v) is 7.73. The van der Waals surface area contributed by atoms with Crippen molar-refractivity contribution < 1.29 is 9.53 Å². The minimum Gasteiger partial charge on any atom is -0.378 e. The summed E-state index contributed by atoms with van der Waals surface area (Å²) in [5, 5.41) is 9.43. The smallest absolute Gasteiger partial charge is 0.270 e. The number of nitriles is 1. The van der Waals surface area contributed by atoms with Crippen LogP contribution in [0.25, 0.3) is 6.08 Å². The van der Waals surface area contributed by atoms with Crippen LogP contribution in [0.15, 0.2) is 9.70 Å². The van der Waals surface area contributed by atoms with Gasteiger partial charge >= 0.3 is 0 Å². The van der Waals surface area contributed by atoms with Crippen molar-refractivity contribution in [3.63, 3.8) is 0 Å². The average molecular weight is 390 g/mol. The Bertz CT molecular complexity index is 923. The summed E-state index contributed by atoms with van der Waals surface area (Å²) in [6.07, 6.45) is 1.74. The van der Waals surface area contributed by atoms with Gasteiger partial charge in [0.1, 0.15) is 21.8 Å². The van der Waals surface area contributed by atoms with Crippen molar-refractivity contribution in [2.24, 2.45) is 7.05 Å². The Morgan fingerprint density at radius 3 is 2.46 bits per heavy atom. The zero-order valence-corrected chi connectivity index (χ0v) is 16.4. The van der Waals surface area contributed by atoms with E-state index in [0.29, 0.717) is 52.5 Å². The molecular formula is C17H18N4O3S2. The highest BCUT2D eigenvalue weighted by atomic mass is 32.2. The molecule has 136 valence electrons. The lowest BCUT2D eigenvalue weighted by Gasteiger charge is -2.32. The van der Waals surface area contributed by atoms with Gasteiger partial charge in [0, 0.05) is 32.7 Å². The predicted molar refractivity (Wildman–Crippen MR) is 105 cm³/mol. The van der Waals surface area contributed by atoms with Gasteiger partial charge in [-0.2, -0.15) is 5.26 Å². The van der Waals surface area contributed by atoms with Crippen LogP contribution in [0, 0.1) is 18.3 Å². The molecule has 0 aromatic carbocycles. The number of aromatic nitrogens is 1. The standard InChI is InChI=1S/C17H18N4O3S2/c1-10-11(8-13-16(23)20(3)17(25)26-13)14(21-4-6-24-7-5-21)19(2)15(22)12(10)9-18/h8H,4-7H2,1-3H3/b13-8-. The lowest BCUT2D eigenvalue weighted by atomic mass is 10.0. The highest BCUT2D eigenvalue weighted by Gasteiger charge is 2.30. The lowest BCUT2D eigenvalue weighted by molar-refractivity contribution is -0.121. The molecule has 2 aliphatic rings. The maximum Gasteiger partial charge on any atom is 0.270 e. The number of anilines is 1. The lowest BCUT2D eigenvalue weighted by Crippen LogP contribution is -2.40. The molecule has 0 bridgehead atoms. The average Bonchev–Trinajstić information content (AvgIpc) is 2.88. The van der Waals surface area contributed by atoms with E-state index in [9.17, 15) is 14.9 Å². The highest BCUT2D eigenvalue weighted by molar-refractivity contribution is 8.26. The molecule has 26 heavy (non-hydrogen) atoms. The fraction of sp³-hybridized carbons (Fsp3) is 0.412. The van der Waals surface area contributed by atoms with Gasteiger partial charge in [0.2, 0.25) is 0 Å². The summed E-state index contributed by atoms with van der Waals surface area (Å²) in [7, 11) is 3.28. The molecule has 1 aromatic heterocycles. The number of thiocarbonyl (C=S) groups is 1. The summed E-state index contributed by atoms with van der Waals surface area (Å²) in [5.74, 6) is 0.510. The normalized spacial score (nSPS) is 19.4. The summed E-state index contributed by atoms with van der Waals surface area (Å²) in [6.45, 7) is 4.12. The number of nitrogens with zero attached hydrogens (tertiary/aromatic N) is 4. The van der Waals surface area contributed by atoms with Gasteiger partial charge in [-0.25, -0.2) is 0 Å². The van der Waals surface area contributed by atoms with E-state index in [1.807, 2.05) is 6.07 Å². The summed E-state index contributed by atoms with van der Waals surface area (Å²) in [4.78, 5) is 29.0. The van der Waals surface area contributed by atoms with Crippen molar-refractivity contribution in [1.82, 2.24) is 9.47 Å².